The van der Waals surface area contributed by atoms with E-state index in [0.29, 0.717) is 0 Å². The number of nitrogens with zero attached hydrogens (tertiary/aromatic N) is 1. The van der Waals surface area contributed by atoms with Crippen molar-refractivity contribution in [2.45, 2.75) is 39.0 Å². The predicted octanol–water partition coefficient (Wildman–Crippen LogP) is 4.49. The molecule has 0 aliphatic rings. The highest BCUT2D eigenvalue weighted by Gasteiger charge is 2.36. The molecule has 1 aromatic heterocycles. The number of furan rings is 1. The van der Waals surface area contributed by atoms with Gasteiger partial charge in [-0.05, 0) is 49.4 Å². The van der Waals surface area contributed by atoms with Crippen LogP contribution < -0.4 is 10.6 Å². The summed E-state index contributed by atoms with van der Waals surface area (Å²) in [7, 11) is 0. The Bertz CT molecular complexity index is 673. The lowest BCUT2D eigenvalue weighted by molar-refractivity contribution is 0.355. The SMILES string of the molecule is Cc1ccccc1C(C#N)(CCCNCCNc1ccco1)C(C)C. The molecule has 1 atom stereocenters. The maximum absolute atomic E-state index is 9.98. The van der Waals surface area contributed by atoms with E-state index in [2.05, 4.69) is 49.6 Å². The van der Waals surface area contributed by atoms with Gasteiger partial charge in [0.2, 0.25) is 0 Å². The molecule has 4 heteroatoms. The lowest BCUT2D eigenvalue weighted by Crippen LogP contribution is -2.33. The van der Waals surface area contributed by atoms with Crippen LogP contribution in [0.1, 0.15) is 37.8 Å². The Hall–Kier alpha value is -2.25. The summed E-state index contributed by atoms with van der Waals surface area (Å²) >= 11 is 0. The first-order chi connectivity index (χ1) is 12.1. The van der Waals surface area contributed by atoms with Crippen molar-refractivity contribution in [2.24, 2.45) is 5.92 Å². The smallest absolute Gasteiger partial charge is 0.192 e. The van der Waals surface area contributed by atoms with Gasteiger partial charge in [-0.3, -0.25) is 0 Å². The van der Waals surface area contributed by atoms with Crippen LogP contribution in [0.15, 0.2) is 47.1 Å². The molecule has 0 saturated heterocycles. The third-order valence-corrected chi connectivity index (χ3v) is 4.86. The number of hydrogen-bond donors (Lipinski definition) is 2. The Labute approximate surface area is 151 Å². The molecule has 0 aliphatic heterocycles. The second-order valence-corrected chi connectivity index (χ2v) is 6.81. The van der Waals surface area contributed by atoms with Crippen molar-refractivity contribution < 1.29 is 4.42 Å². The zero-order chi connectivity index (χ0) is 18.1. The Kier molecular flexibility index (Phi) is 7.09. The molecule has 0 spiro atoms. The third-order valence-electron chi connectivity index (χ3n) is 4.86. The van der Waals surface area contributed by atoms with Gasteiger partial charge in [0.25, 0.3) is 0 Å². The van der Waals surface area contributed by atoms with Crippen LogP contribution in [0.3, 0.4) is 0 Å². The van der Waals surface area contributed by atoms with Gasteiger partial charge >= 0.3 is 0 Å². The Morgan fingerprint density at radius 3 is 2.56 bits per heavy atom. The topological polar surface area (TPSA) is 61.0 Å². The Morgan fingerprint density at radius 2 is 1.92 bits per heavy atom. The van der Waals surface area contributed by atoms with E-state index in [-0.39, 0.29) is 5.92 Å². The van der Waals surface area contributed by atoms with E-state index in [0.717, 1.165) is 38.4 Å². The van der Waals surface area contributed by atoms with Crippen molar-refractivity contribution in [1.82, 2.24) is 5.32 Å². The number of benzene rings is 1. The average molecular weight is 339 g/mol. The molecule has 2 rings (SSSR count). The van der Waals surface area contributed by atoms with E-state index in [1.54, 1.807) is 6.26 Å². The summed E-state index contributed by atoms with van der Waals surface area (Å²) in [4.78, 5) is 0. The molecular weight excluding hydrogens is 310 g/mol. The molecule has 2 N–H and O–H groups in total. The minimum Gasteiger partial charge on any atom is -0.449 e. The fourth-order valence-electron chi connectivity index (χ4n) is 3.32. The summed E-state index contributed by atoms with van der Waals surface area (Å²) in [6, 6.07) is 14.7. The first-order valence-electron chi connectivity index (χ1n) is 9.05. The number of nitriles is 1. The van der Waals surface area contributed by atoms with Crippen molar-refractivity contribution in [2.75, 3.05) is 25.0 Å². The van der Waals surface area contributed by atoms with E-state index in [4.69, 9.17) is 4.42 Å². The van der Waals surface area contributed by atoms with Crippen molar-refractivity contribution in [3.63, 3.8) is 0 Å². The highest BCUT2D eigenvalue weighted by Crippen LogP contribution is 2.38. The van der Waals surface area contributed by atoms with Crippen molar-refractivity contribution in [3.8, 4) is 6.07 Å². The van der Waals surface area contributed by atoms with Gasteiger partial charge < -0.3 is 15.1 Å². The molecule has 2 aromatic rings. The van der Waals surface area contributed by atoms with Crippen molar-refractivity contribution in [3.05, 3.63) is 53.8 Å². The lowest BCUT2D eigenvalue weighted by atomic mass is 9.68. The molecule has 0 saturated carbocycles. The summed E-state index contributed by atoms with van der Waals surface area (Å²) in [6.45, 7) is 8.99. The van der Waals surface area contributed by atoms with Gasteiger partial charge in [-0.2, -0.15) is 5.26 Å². The molecule has 0 amide bonds. The van der Waals surface area contributed by atoms with Gasteiger partial charge in [0, 0.05) is 19.2 Å². The van der Waals surface area contributed by atoms with Crippen LogP contribution in [0.4, 0.5) is 5.88 Å². The first-order valence-corrected chi connectivity index (χ1v) is 9.05. The van der Waals surface area contributed by atoms with Crippen LogP contribution in [0.25, 0.3) is 0 Å². The second kappa shape index (κ2) is 9.29. The lowest BCUT2D eigenvalue weighted by Gasteiger charge is -2.33. The molecule has 0 aliphatic carbocycles. The van der Waals surface area contributed by atoms with E-state index in [9.17, 15) is 5.26 Å². The second-order valence-electron chi connectivity index (χ2n) is 6.81. The molecule has 4 nitrogen and oxygen atoms in total. The van der Waals surface area contributed by atoms with Crippen LogP contribution in [-0.4, -0.2) is 19.6 Å². The van der Waals surface area contributed by atoms with Gasteiger partial charge in [0.05, 0.1) is 17.7 Å². The predicted molar refractivity (Wildman–Crippen MR) is 103 cm³/mol. The summed E-state index contributed by atoms with van der Waals surface area (Å²) in [6.07, 6.45) is 3.50. The van der Waals surface area contributed by atoms with Gasteiger partial charge in [0.15, 0.2) is 5.88 Å². The van der Waals surface area contributed by atoms with Crippen LogP contribution in [0, 0.1) is 24.2 Å². The highest BCUT2D eigenvalue weighted by molar-refractivity contribution is 5.39. The van der Waals surface area contributed by atoms with Gasteiger partial charge in [0.1, 0.15) is 0 Å². The van der Waals surface area contributed by atoms with Crippen LogP contribution in [-0.2, 0) is 5.41 Å². The maximum atomic E-state index is 9.98. The molecular formula is C21H29N3O. The summed E-state index contributed by atoms with van der Waals surface area (Å²) < 4.78 is 5.23. The third kappa shape index (κ3) is 4.87. The first kappa shape index (κ1) is 19.1. The zero-order valence-corrected chi connectivity index (χ0v) is 15.5. The summed E-state index contributed by atoms with van der Waals surface area (Å²) in [5.74, 6) is 1.07. The molecule has 1 heterocycles. The molecule has 1 unspecified atom stereocenters. The summed E-state index contributed by atoms with van der Waals surface area (Å²) in [5, 5.41) is 16.6. The Morgan fingerprint density at radius 1 is 1.12 bits per heavy atom. The number of nitrogens with one attached hydrogen (secondary N) is 2. The number of hydrogen-bond acceptors (Lipinski definition) is 4. The maximum Gasteiger partial charge on any atom is 0.192 e. The minimum atomic E-state index is -0.417. The minimum absolute atomic E-state index is 0.277. The largest absolute Gasteiger partial charge is 0.449 e. The molecule has 25 heavy (non-hydrogen) atoms. The fraction of sp³-hybridized carbons (Fsp3) is 0.476. The van der Waals surface area contributed by atoms with Gasteiger partial charge in [-0.1, -0.05) is 38.1 Å². The highest BCUT2D eigenvalue weighted by atomic mass is 16.3. The molecule has 0 radical (unpaired) electrons. The van der Waals surface area contributed by atoms with Gasteiger partial charge in [-0.15, -0.1) is 0 Å². The van der Waals surface area contributed by atoms with Crippen LogP contribution in [0.5, 0.6) is 0 Å². The average Bonchev–Trinajstić information content (AvgIpc) is 3.12. The molecule has 134 valence electrons. The van der Waals surface area contributed by atoms with Gasteiger partial charge in [-0.25, -0.2) is 0 Å². The van der Waals surface area contributed by atoms with Crippen LogP contribution in [0.2, 0.25) is 0 Å². The number of aryl methyl sites for hydroxylation is 1. The van der Waals surface area contributed by atoms with E-state index >= 15 is 0 Å². The zero-order valence-electron chi connectivity index (χ0n) is 15.5. The Balaban J connectivity index is 1.83. The van der Waals surface area contributed by atoms with E-state index < -0.39 is 5.41 Å². The normalized spacial score (nSPS) is 13.4. The monoisotopic (exact) mass is 339 g/mol. The number of anilines is 1. The molecule has 1 aromatic carbocycles. The van der Waals surface area contributed by atoms with E-state index in [1.807, 2.05) is 24.3 Å². The van der Waals surface area contributed by atoms with Crippen molar-refractivity contribution in [1.29, 1.82) is 5.26 Å². The summed E-state index contributed by atoms with van der Waals surface area (Å²) in [5.41, 5.74) is 1.96. The quantitative estimate of drug-likeness (QED) is 0.626. The molecule has 0 fully saturated rings. The van der Waals surface area contributed by atoms with Crippen molar-refractivity contribution >= 4 is 5.88 Å². The number of rotatable bonds is 10. The fourth-order valence-corrected chi connectivity index (χ4v) is 3.32. The standard InChI is InChI=1S/C21H29N3O/c1-17(2)21(16-22,19-9-5-4-8-18(19)3)11-7-12-23-13-14-24-20-10-6-15-25-20/h4-6,8-10,15,17,23-24H,7,11-14H2,1-3H3. The van der Waals surface area contributed by atoms with Crippen LogP contribution >= 0.6 is 0 Å². The molecule has 0 bridgehead atoms. The van der Waals surface area contributed by atoms with E-state index in [1.165, 1.54) is 11.1 Å².